The predicted molar refractivity (Wildman–Crippen MR) is 83.4 cm³/mol. The van der Waals surface area contributed by atoms with Gasteiger partial charge in [0.2, 0.25) is 5.91 Å². The third-order valence-electron chi connectivity index (χ3n) is 2.95. The summed E-state index contributed by atoms with van der Waals surface area (Å²) in [4.78, 5) is 12.1. The smallest absolute Gasteiger partial charge is 0.387 e. The molecule has 0 atom stereocenters. The average molecular weight is 342 g/mol. The van der Waals surface area contributed by atoms with Gasteiger partial charge in [-0.1, -0.05) is 23.7 Å². The van der Waals surface area contributed by atoms with E-state index in [1.165, 1.54) is 19.2 Å². The van der Waals surface area contributed by atoms with Gasteiger partial charge in [-0.15, -0.1) is 0 Å². The van der Waals surface area contributed by atoms with Gasteiger partial charge in [0, 0.05) is 5.02 Å². The van der Waals surface area contributed by atoms with Crippen LogP contribution in [0.15, 0.2) is 42.5 Å². The quantitative estimate of drug-likeness (QED) is 0.859. The second-order valence-electron chi connectivity index (χ2n) is 4.59. The van der Waals surface area contributed by atoms with Gasteiger partial charge in [0.1, 0.15) is 11.5 Å². The van der Waals surface area contributed by atoms with Gasteiger partial charge >= 0.3 is 6.61 Å². The SMILES string of the molecule is COc1ccc(Cl)cc1NC(=O)Cc1ccc(OC(F)F)cc1. The average Bonchev–Trinajstić information content (AvgIpc) is 2.49. The first-order chi connectivity index (χ1) is 11.0. The topological polar surface area (TPSA) is 47.6 Å². The summed E-state index contributed by atoms with van der Waals surface area (Å²) in [5.74, 6) is 0.247. The number of hydrogen-bond acceptors (Lipinski definition) is 3. The van der Waals surface area contributed by atoms with Crippen molar-refractivity contribution < 1.29 is 23.0 Å². The fourth-order valence-electron chi connectivity index (χ4n) is 1.95. The van der Waals surface area contributed by atoms with Crippen LogP contribution < -0.4 is 14.8 Å². The molecule has 2 aromatic carbocycles. The third-order valence-corrected chi connectivity index (χ3v) is 3.18. The lowest BCUT2D eigenvalue weighted by atomic mass is 10.1. The van der Waals surface area contributed by atoms with Crippen molar-refractivity contribution in [3.05, 3.63) is 53.1 Å². The van der Waals surface area contributed by atoms with E-state index in [1.807, 2.05) is 0 Å². The fraction of sp³-hybridized carbons (Fsp3) is 0.188. The number of amides is 1. The van der Waals surface area contributed by atoms with Crippen molar-refractivity contribution in [2.24, 2.45) is 0 Å². The molecule has 0 aromatic heterocycles. The highest BCUT2D eigenvalue weighted by atomic mass is 35.5. The van der Waals surface area contributed by atoms with Gasteiger partial charge in [0.15, 0.2) is 0 Å². The Bertz CT molecular complexity index is 678. The first-order valence-electron chi connectivity index (χ1n) is 6.65. The van der Waals surface area contributed by atoms with Gasteiger partial charge < -0.3 is 14.8 Å². The van der Waals surface area contributed by atoms with Crippen molar-refractivity contribution >= 4 is 23.2 Å². The van der Waals surface area contributed by atoms with E-state index in [0.717, 1.165) is 0 Å². The molecule has 0 saturated carbocycles. The highest BCUT2D eigenvalue weighted by Crippen LogP contribution is 2.27. The van der Waals surface area contributed by atoms with E-state index in [4.69, 9.17) is 16.3 Å². The molecule has 0 aliphatic rings. The van der Waals surface area contributed by atoms with Crippen LogP contribution in [0.4, 0.5) is 14.5 Å². The molecule has 23 heavy (non-hydrogen) atoms. The number of anilines is 1. The number of carbonyl (C=O) groups excluding carboxylic acids is 1. The summed E-state index contributed by atoms with van der Waals surface area (Å²) in [6.07, 6.45) is 0.0740. The number of ether oxygens (including phenoxy) is 2. The molecule has 2 aromatic rings. The molecule has 0 fully saturated rings. The minimum Gasteiger partial charge on any atom is -0.495 e. The third kappa shape index (κ3) is 5.10. The van der Waals surface area contributed by atoms with E-state index in [-0.39, 0.29) is 18.1 Å². The Morgan fingerprint density at radius 3 is 2.52 bits per heavy atom. The van der Waals surface area contributed by atoms with E-state index in [2.05, 4.69) is 10.1 Å². The normalized spacial score (nSPS) is 10.5. The summed E-state index contributed by atoms with van der Waals surface area (Å²) >= 11 is 5.89. The second-order valence-corrected chi connectivity index (χ2v) is 5.03. The Balaban J connectivity index is 2.01. The number of alkyl halides is 2. The van der Waals surface area contributed by atoms with Crippen LogP contribution in [0.5, 0.6) is 11.5 Å². The zero-order valence-corrected chi connectivity index (χ0v) is 12.9. The van der Waals surface area contributed by atoms with Crippen molar-refractivity contribution in [3.8, 4) is 11.5 Å². The summed E-state index contributed by atoms with van der Waals surface area (Å²) < 4.78 is 33.5. The number of benzene rings is 2. The van der Waals surface area contributed by atoms with Gasteiger partial charge in [-0.25, -0.2) is 0 Å². The van der Waals surface area contributed by atoms with Crippen molar-refractivity contribution in [1.29, 1.82) is 0 Å². The van der Waals surface area contributed by atoms with E-state index >= 15 is 0 Å². The highest BCUT2D eigenvalue weighted by Gasteiger charge is 2.10. The van der Waals surface area contributed by atoms with Gasteiger partial charge in [-0.3, -0.25) is 4.79 Å². The maximum Gasteiger partial charge on any atom is 0.387 e. The van der Waals surface area contributed by atoms with Gasteiger partial charge in [-0.05, 0) is 35.9 Å². The number of halogens is 3. The molecule has 0 unspecified atom stereocenters. The molecule has 0 aliphatic carbocycles. The predicted octanol–water partition coefficient (Wildman–Crippen LogP) is 4.13. The number of nitrogens with one attached hydrogen (secondary N) is 1. The van der Waals surface area contributed by atoms with Crippen LogP contribution in [0.1, 0.15) is 5.56 Å². The number of rotatable bonds is 6. The molecule has 1 N–H and O–H groups in total. The zero-order valence-electron chi connectivity index (χ0n) is 12.2. The van der Waals surface area contributed by atoms with Gasteiger partial charge in [0.05, 0.1) is 19.2 Å². The molecular formula is C16H14ClF2NO3. The first kappa shape index (κ1) is 17.0. The minimum absolute atomic E-state index is 0.0423. The molecule has 0 bridgehead atoms. The maximum absolute atomic E-state index is 12.1. The molecule has 2 rings (SSSR count). The molecule has 0 saturated heterocycles. The number of hydrogen-bond donors (Lipinski definition) is 1. The summed E-state index contributed by atoms with van der Waals surface area (Å²) in [6.45, 7) is -2.88. The first-order valence-corrected chi connectivity index (χ1v) is 7.03. The minimum atomic E-state index is -2.88. The Labute approximate surface area is 137 Å². The van der Waals surface area contributed by atoms with E-state index in [0.29, 0.717) is 22.0 Å². The lowest BCUT2D eigenvalue weighted by Gasteiger charge is -2.11. The second kappa shape index (κ2) is 7.78. The summed E-state index contributed by atoms with van der Waals surface area (Å²) in [6, 6.07) is 10.7. The summed E-state index contributed by atoms with van der Waals surface area (Å²) in [5.41, 5.74) is 1.12. The largest absolute Gasteiger partial charge is 0.495 e. The van der Waals surface area contributed by atoms with Crippen molar-refractivity contribution in [2.75, 3.05) is 12.4 Å². The van der Waals surface area contributed by atoms with Crippen molar-refractivity contribution in [1.82, 2.24) is 0 Å². The Morgan fingerprint density at radius 1 is 1.22 bits per heavy atom. The zero-order chi connectivity index (χ0) is 16.8. The molecule has 4 nitrogen and oxygen atoms in total. The Morgan fingerprint density at radius 2 is 1.91 bits per heavy atom. The Kier molecular flexibility index (Phi) is 5.76. The summed E-state index contributed by atoms with van der Waals surface area (Å²) in [5, 5.41) is 3.17. The van der Waals surface area contributed by atoms with Crippen LogP contribution in [-0.4, -0.2) is 19.6 Å². The molecule has 1 amide bonds. The van der Waals surface area contributed by atoms with Crippen LogP contribution in [0.3, 0.4) is 0 Å². The molecule has 7 heteroatoms. The molecule has 0 spiro atoms. The lowest BCUT2D eigenvalue weighted by molar-refractivity contribution is -0.115. The van der Waals surface area contributed by atoms with Crippen LogP contribution >= 0.6 is 11.6 Å². The maximum atomic E-state index is 12.1. The van der Waals surface area contributed by atoms with Crippen LogP contribution in [0.25, 0.3) is 0 Å². The van der Waals surface area contributed by atoms with E-state index < -0.39 is 6.61 Å². The molecular weight excluding hydrogens is 328 g/mol. The number of methoxy groups -OCH3 is 1. The van der Waals surface area contributed by atoms with E-state index in [1.54, 1.807) is 30.3 Å². The van der Waals surface area contributed by atoms with Gasteiger partial charge in [-0.2, -0.15) is 8.78 Å². The van der Waals surface area contributed by atoms with E-state index in [9.17, 15) is 13.6 Å². The van der Waals surface area contributed by atoms with Crippen LogP contribution in [0.2, 0.25) is 5.02 Å². The van der Waals surface area contributed by atoms with Crippen molar-refractivity contribution in [2.45, 2.75) is 13.0 Å². The highest BCUT2D eigenvalue weighted by molar-refractivity contribution is 6.31. The van der Waals surface area contributed by atoms with Crippen molar-refractivity contribution in [3.63, 3.8) is 0 Å². The van der Waals surface area contributed by atoms with Gasteiger partial charge in [0.25, 0.3) is 0 Å². The molecule has 0 aliphatic heterocycles. The van der Waals surface area contributed by atoms with Crippen LogP contribution in [0, 0.1) is 0 Å². The monoisotopic (exact) mass is 341 g/mol. The standard InChI is InChI=1S/C16H14ClF2NO3/c1-22-14-7-4-11(17)9-13(14)20-15(21)8-10-2-5-12(6-3-10)23-16(18)19/h2-7,9,16H,8H2,1H3,(H,20,21). The molecule has 122 valence electrons. The summed E-state index contributed by atoms with van der Waals surface area (Å²) in [7, 11) is 1.49. The fourth-order valence-corrected chi connectivity index (χ4v) is 2.12. The lowest BCUT2D eigenvalue weighted by Crippen LogP contribution is -2.15. The molecule has 0 radical (unpaired) electrons. The molecule has 0 heterocycles. The number of carbonyl (C=O) groups is 1. The van der Waals surface area contributed by atoms with Crippen LogP contribution in [-0.2, 0) is 11.2 Å². The Hall–Kier alpha value is -2.34.